The minimum absolute atomic E-state index is 0.0544. The van der Waals surface area contributed by atoms with Crippen LogP contribution in [-0.4, -0.2) is 18.7 Å². The Labute approximate surface area is 72.7 Å². The van der Waals surface area contributed by atoms with Gasteiger partial charge in [0, 0.05) is 0 Å². The van der Waals surface area contributed by atoms with Crippen molar-refractivity contribution >= 4 is 5.97 Å². The van der Waals surface area contributed by atoms with Gasteiger partial charge in [-0.2, -0.15) is 0 Å². The number of hydrogen-bond donors (Lipinski definition) is 0. The first kappa shape index (κ1) is 9.52. The predicted molar refractivity (Wildman–Crippen MR) is 42.2 cm³/mol. The minimum atomic E-state index is -1.08. The Morgan fingerprint density at radius 3 is 2.42 bits per heavy atom. The topological polar surface area (TPSA) is 49.4 Å². The molecule has 1 aliphatic rings. The van der Waals surface area contributed by atoms with Gasteiger partial charge < -0.3 is 14.6 Å². The van der Waals surface area contributed by atoms with Crippen LogP contribution < -0.4 is 5.11 Å². The molecule has 0 N–H and O–H groups in total. The van der Waals surface area contributed by atoms with E-state index in [2.05, 4.69) is 13.8 Å². The van der Waals surface area contributed by atoms with Crippen molar-refractivity contribution in [2.45, 2.75) is 26.9 Å². The molecule has 0 aromatic carbocycles. The molecule has 4 atom stereocenters. The van der Waals surface area contributed by atoms with Crippen LogP contribution in [0, 0.1) is 17.8 Å². The average molecular weight is 171 g/mol. The number of rotatable bonds is 1. The summed E-state index contributed by atoms with van der Waals surface area (Å²) in [5, 5.41) is 10.6. The van der Waals surface area contributed by atoms with E-state index in [4.69, 9.17) is 4.74 Å². The van der Waals surface area contributed by atoms with Gasteiger partial charge in [0.15, 0.2) is 0 Å². The normalized spacial score (nSPS) is 42.6. The minimum Gasteiger partial charge on any atom is -0.547 e. The van der Waals surface area contributed by atoms with Crippen LogP contribution in [0.25, 0.3) is 0 Å². The lowest BCUT2D eigenvalue weighted by molar-refractivity contribution is -0.322. The van der Waals surface area contributed by atoms with Crippen molar-refractivity contribution in [3.63, 3.8) is 0 Å². The fourth-order valence-electron chi connectivity index (χ4n) is 1.64. The summed E-state index contributed by atoms with van der Waals surface area (Å²) in [7, 11) is 0. The number of aliphatic carboxylic acids is 1. The Morgan fingerprint density at radius 1 is 1.33 bits per heavy atom. The van der Waals surface area contributed by atoms with Gasteiger partial charge in [-0.1, -0.05) is 20.8 Å². The van der Waals surface area contributed by atoms with Crippen molar-refractivity contribution in [1.82, 2.24) is 0 Å². The second kappa shape index (κ2) is 3.44. The summed E-state index contributed by atoms with van der Waals surface area (Å²) < 4.78 is 5.17. The molecule has 0 spiro atoms. The molecular formula is C9H15O3-. The summed E-state index contributed by atoms with van der Waals surface area (Å²) in [6.07, 6.45) is -0.712. The number of carboxylic acids is 1. The Kier molecular flexibility index (Phi) is 2.73. The van der Waals surface area contributed by atoms with Gasteiger partial charge in [-0.3, -0.25) is 0 Å². The molecule has 0 aliphatic carbocycles. The number of carbonyl (C=O) groups excluding carboxylic acids is 1. The molecule has 0 bridgehead atoms. The number of hydrogen-bond acceptors (Lipinski definition) is 3. The second-order valence-electron chi connectivity index (χ2n) is 3.77. The summed E-state index contributed by atoms with van der Waals surface area (Å²) >= 11 is 0. The predicted octanol–water partition coefficient (Wildman–Crippen LogP) is 0.0434. The fraction of sp³-hybridized carbons (Fsp3) is 0.889. The van der Waals surface area contributed by atoms with E-state index in [1.54, 1.807) is 0 Å². The first-order chi connectivity index (χ1) is 5.54. The van der Waals surface area contributed by atoms with Crippen LogP contribution in [0.15, 0.2) is 0 Å². The van der Waals surface area contributed by atoms with Gasteiger partial charge in [-0.25, -0.2) is 0 Å². The van der Waals surface area contributed by atoms with E-state index in [-0.39, 0.29) is 5.92 Å². The smallest absolute Gasteiger partial charge is 0.0996 e. The highest BCUT2D eigenvalue weighted by Crippen LogP contribution is 2.30. The SMILES string of the molecule is CC1COC(C(=O)[O-])C(C)C1C. The van der Waals surface area contributed by atoms with Crippen LogP contribution in [0.5, 0.6) is 0 Å². The Hall–Kier alpha value is -0.570. The van der Waals surface area contributed by atoms with Crippen molar-refractivity contribution in [2.24, 2.45) is 17.8 Å². The van der Waals surface area contributed by atoms with E-state index in [1.807, 2.05) is 6.92 Å². The van der Waals surface area contributed by atoms with E-state index >= 15 is 0 Å². The van der Waals surface area contributed by atoms with E-state index in [0.717, 1.165) is 0 Å². The van der Waals surface area contributed by atoms with Crippen LogP contribution >= 0.6 is 0 Å². The lowest BCUT2D eigenvalue weighted by atomic mass is 9.80. The molecule has 0 radical (unpaired) electrons. The Morgan fingerprint density at radius 2 is 1.92 bits per heavy atom. The number of carboxylic acid groups (broad SMARTS) is 1. The molecule has 0 amide bonds. The highest BCUT2D eigenvalue weighted by Gasteiger charge is 2.33. The summed E-state index contributed by atoms with van der Waals surface area (Å²) in [6, 6.07) is 0. The molecule has 0 aromatic rings. The van der Waals surface area contributed by atoms with Crippen molar-refractivity contribution in [3.8, 4) is 0 Å². The monoisotopic (exact) mass is 171 g/mol. The zero-order valence-corrected chi connectivity index (χ0v) is 7.74. The molecule has 3 heteroatoms. The molecule has 0 aromatic heterocycles. The molecular weight excluding hydrogens is 156 g/mol. The van der Waals surface area contributed by atoms with E-state index in [1.165, 1.54) is 0 Å². The second-order valence-corrected chi connectivity index (χ2v) is 3.77. The maximum absolute atomic E-state index is 10.6. The van der Waals surface area contributed by atoms with Gasteiger partial charge in [-0.15, -0.1) is 0 Å². The molecule has 70 valence electrons. The fourth-order valence-corrected chi connectivity index (χ4v) is 1.64. The highest BCUT2D eigenvalue weighted by atomic mass is 16.5. The van der Waals surface area contributed by atoms with Gasteiger partial charge in [0.05, 0.1) is 18.7 Å². The summed E-state index contributed by atoms with van der Waals surface area (Å²) in [6.45, 7) is 6.57. The largest absolute Gasteiger partial charge is 0.547 e. The van der Waals surface area contributed by atoms with Crippen molar-refractivity contribution in [3.05, 3.63) is 0 Å². The third-order valence-electron chi connectivity index (χ3n) is 2.98. The summed E-state index contributed by atoms with van der Waals surface area (Å²) in [4.78, 5) is 10.6. The quantitative estimate of drug-likeness (QED) is 0.560. The molecule has 0 saturated carbocycles. The third kappa shape index (κ3) is 1.61. The number of carbonyl (C=O) groups is 1. The molecule has 4 unspecified atom stereocenters. The van der Waals surface area contributed by atoms with Gasteiger partial charge >= 0.3 is 0 Å². The van der Waals surface area contributed by atoms with E-state index < -0.39 is 12.1 Å². The van der Waals surface area contributed by atoms with Crippen LogP contribution in [-0.2, 0) is 9.53 Å². The van der Waals surface area contributed by atoms with Crippen LogP contribution in [0.2, 0.25) is 0 Å². The molecule has 1 fully saturated rings. The first-order valence-corrected chi connectivity index (χ1v) is 4.36. The zero-order chi connectivity index (χ0) is 9.30. The standard InChI is InChI=1S/C9H16O3/c1-5-4-12-8(9(10)11)7(3)6(5)2/h5-8H,4H2,1-3H3,(H,10,11)/p-1. The average Bonchev–Trinajstić information content (AvgIpc) is 2.00. The van der Waals surface area contributed by atoms with Gasteiger partial charge in [-0.05, 0) is 17.8 Å². The van der Waals surface area contributed by atoms with Gasteiger partial charge in [0.2, 0.25) is 0 Å². The van der Waals surface area contributed by atoms with Crippen LogP contribution in [0.4, 0.5) is 0 Å². The lowest BCUT2D eigenvalue weighted by Crippen LogP contribution is -2.48. The number of ether oxygens (including phenoxy) is 1. The highest BCUT2D eigenvalue weighted by molar-refractivity contribution is 5.70. The maximum Gasteiger partial charge on any atom is 0.0996 e. The molecule has 1 saturated heterocycles. The Bertz CT molecular complexity index is 179. The molecule has 1 heterocycles. The lowest BCUT2D eigenvalue weighted by Gasteiger charge is -2.38. The van der Waals surface area contributed by atoms with Crippen molar-refractivity contribution in [2.75, 3.05) is 6.61 Å². The van der Waals surface area contributed by atoms with Gasteiger partial charge in [0.25, 0.3) is 0 Å². The zero-order valence-electron chi connectivity index (χ0n) is 7.74. The van der Waals surface area contributed by atoms with E-state index in [0.29, 0.717) is 18.4 Å². The summed E-state index contributed by atoms with van der Waals surface area (Å²) in [5.41, 5.74) is 0. The molecule has 1 rings (SSSR count). The molecule has 3 nitrogen and oxygen atoms in total. The Balaban J connectivity index is 2.65. The van der Waals surface area contributed by atoms with Crippen molar-refractivity contribution < 1.29 is 14.6 Å². The maximum atomic E-state index is 10.6. The van der Waals surface area contributed by atoms with Gasteiger partial charge in [0.1, 0.15) is 0 Å². The van der Waals surface area contributed by atoms with Crippen LogP contribution in [0.1, 0.15) is 20.8 Å². The molecule has 12 heavy (non-hydrogen) atoms. The van der Waals surface area contributed by atoms with Crippen molar-refractivity contribution in [1.29, 1.82) is 0 Å². The summed E-state index contributed by atoms with van der Waals surface area (Å²) in [5.74, 6) is -0.197. The molecule has 1 aliphatic heterocycles. The third-order valence-corrected chi connectivity index (χ3v) is 2.98. The van der Waals surface area contributed by atoms with Crippen LogP contribution in [0.3, 0.4) is 0 Å². The van der Waals surface area contributed by atoms with E-state index in [9.17, 15) is 9.90 Å². The first-order valence-electron chi connectivity index (χ1n) is 4.36.